The molecule has 1 saturated carbocycles. The maximum Gasteiger partial charge on any atom is 0.252 e. The molecule has 0 spiro atoms. The van der Waals surface area contributed by atoms with E-state index in [0.717, 1.165) is 38.9 Å². The van der Waals surface area contributed by atoms with Crippen molar-refractivity contribution in [3.05, 3.63) is 68.2 Å². The van der Waals surface area contributed by atoms with E-state index in [4.69, 9.17) is 10.7 Å². The lowest BCUT2D eigenvalue weighted by atomic mass is 10.1. The average molecular weight is 457 g/mol. The number of benzene rings is 2. The molecule has 4 rings (SSSR count). The smallest absolute Gasteiger partial charge is 0.252 e. The van der Waals surface area contributed by atoms with Crippen LogP contribution in [0.4, 0.5) is 0 Å². The number of thiazole rings is 1. The molecule has 0 unspecified atom stereocenters. The Hall–Kier alpha value is -2.71. The Labute approximate surface area is 173 Å². The summed E-state index contributed by atoms with van der Waals surface area (Å²) in [6.07, 6.45) is 3.94. The van der Waals surface area contributed by atoms with E-state index in [1.165, 1.54) is 17.4 Å². The summed E-state index contributed by atoms with van der Waals surface area (Å²) in [5.41, 5.74) is 7.89. The van der Waals surface area contributed by atoms with Crippen LogP contribution in [0, 0.1) is 0 Å². The summed E-state index contributed by atoms with van der Waals surface area (Å²) in [7, 11) is 0. The first-order valence-corrected chi connectivity index (χ1v) is 10.4. The number of carbonyl (C=O) groups is 1. The standard InChI is InChI=1S/C20H17BrN4O2S/c21-16-4-2-1-3-13(16)10-23-25-17(11-28-20(25)24-14-6-7-14)12-5-8-18(26)15(9-12)19(22)27/h1-5,8-11,14,26H,6-7H2,(H2,22,27). The number of amides is 1. The minimum Gasteiger partial charge on any atom is -0.507 e. The summed E-state index contributed by atoms with van der Waals surface area (Å²) in [5.74, 6) is -0.821. The number of rotatable bonds is 5. The monoisotopic (exact) mass is 456 g/mol. The van der Waals surface area contributed by atoms with E-state index in [2.05, 4.69) is 21.0 Å². The Morgan fingerprint density at radius 1 is 1.29 bits per heavy atom. The lowest BCUT2D eigenvalue weighted by molar-refractivity contribution is 0.0998. The van der Waals surface area contributed by atoms with Gasteiger partial charge in [-0.25, -0.2) is 4.68 Å². The van der Waals surface area contributed by atoms with Crippen molar-refractivity contribution >= 4 is 39.4 Å². The minimum absolute atomic E-state index is 0.0747. The molecule has 0 saturated heterocycles. The molecule has 0 aliphatic heterocycles. The summed E-state index contributed by atoms with van der Waals surface area (Å²) in [6, 6.07) is 12.9. The zero-order chi connectivity index (χ0) is 19.7. The van der Waals surface area contributed by atoms with E-state index < -0.39 is 5.91 Å². The average Bonchev–Trinajstić information content (AvgIpc) is 3.40. The third-order valence-corrected chi connectivity index (χ3v) is 5.85. The second kappa shape index (κ2) is 7.73. The van der Waals surface area contributed by atoms with Gasteiger partial charge in [-0.05, 0) is 37.1 Å². The largest absolute Gasteiger partial charge is 0.507 e. The maximum atomic E-state index is 11.6. The number of halogens is 1. The highest BCUT2D eigenvalue weighted by atomic mass is 79.9. The lowest BCUT2D eigenvalue weighted by Crippen LogP contribution is -2.14. The van der Waals surface area contributed by atoms with Gasteiger partial charge in [0.2, 0.25) is 4.80 Å². The third-order valence-electron chi connectivity index (χ3n) is 4.30. The topological polar surface area (TPSA) is 93.0 Å². The van der Waals surface area contributed by atoms with Crippen LogP contribution in [0.5, 0.6) is 5.75 Å². The van der Waals surface area contributed by atoms with E-state index in [9.17, 15) is 9.90 Å². The molecule has 0 radical (unpaired) electrons. The fraction of sp³-hybridized carbons (Fsp3) is 0.150. The molecule has 0 bridgehead atoms. The van der Waals surface area contributed by atoms with Gasteiger partial charge in [-0.3, -0.25) is 9.79 Å². The van der Waals surface area contributed by atoms with Crippen molar-refractivity contribution < 1.29 is 9.90 Å². The summed E-state index contributed by atoms with van der Waals surface area (Å²) >= 11 is 5.02. The maximum absolute atomic E-state index is 11.6. The molecule has 1 amide bonds. The van der Waals surface area contributed by atoms with Crippen LogP contribution in [0.3, 0.4) is 0 Å². The first kappa shape index (κ1) is 18.6. The molecule has 1 heterocycles. The highest BCUT2D eigenvalue weighted by Gasteiger charge is 2.21. The fourth-order valence-corrected chi connectivity index (χ4v) is 3.95. The molecule has 1 aromatic heterocycles. The lowest BCUT2D eigenvalue weighted by Gasteiger charge is -2.07. The van der Waals surface area contributed by atoms with Crippen molar-refractivity contribution in [2.45, 2.75) is 18.9 Å². The van der Waals surface area contributed by atoms with E-state index >= 15 is 0 Å². The number of aromatic nitrogens is 1. The number of carbonyl (C=O) groups excluding carboxylic acids is 1. The third kappa shape index (κ3) is 3.93. The van der Waals surface area contributed by atoms with E-state index in [1.807, 2.05) is 29.6 Å². The van der Waals surface area contributed by atoms with Gasteiger partial charge in [0.05, 0.1) is 23.5 Å². The van der Waals surface area contributed by atoms with Crippen molar-refractivity contribution in [2.75, 3.05) is 0 Å². The molecule has 28 heavy (non-hydrogen) atoms. The van der Waals surface area contributed by atoms with E-state index in [1.54, 1.807) is 23.0 Å². The molecule has 6 nitrogen and oxygen atoms in total. The summed E-state index contributed by atoms with van der Waals surface area (Å²) in [6.45, 7) is 0. The van der Waals surface area contributed by atoms with Crippen LogP contribution in [-0.2, 0) is 0 Å². The summed E-state index contributed by atoms with van der Waals surface area (Å²) in [5, 5.41) is 16.5. The molecule has 3 N–H and O–H groups in total. The quantitative estimate of drug-likeness (QED) is 0.572. The van der Waals surface area contributed by atoms with Crippen molar-refractivity contribution in [3.63, 3.8) is 0 Å². The van der Waals surface area contributed by atoms with Crippen LogP contribution in [0.25, 0.3) is 11.3 Å². The number of nitrogens with two attached hydrogens (primary N) is 1. The van der Waals surface area contributed by atoms with E-state index in [-0.39, 0.29) is 11.3 Å². The first-order valence-electron chi connectivity index (χ1n) is 8.69. The molecule has 142 valence electrons. The molecule has 0 atom stereocenters. The van der Waals surface area contributed by atoms with Crippen molar-refractivity contribution in [1.82, 2.24) is 4.68 Å². The Kier molecular flexibility index (Phi) is 5.15. The van der Waals surface area contributed by atoms with Gasteiger partial charge >= 0.3 is 0 Å². The van der Waals surface area contributed by atoms with Crippen LogP contribution >= 0.6 is 27.3 Å². The second-order valence-corrected chi connectivity index (χ2v) is 8.13. The number of nitrogens with zero attached hydrogens (tertiary/aromatic N) is 3. The Balaban J connectivity index is 1.83. The zero-order valence-corrected chi connectivity index (χ0v) is 17.2. The van der Waals surface area contributed by atoms with Crippen LogP contribution in [0.2, 0.25) is 0 Å². The van der Waals surface area contributed by atoms with Crippen LogP contribution in [0.15, 0.2) is 62.4 Å². The Bertz CT molecular complexity index is 1150. The molecule has 1 aliphatic rings. The van der Waals surface area contributed by atoms with Gasteiger partial charge in [-0.15, -0.1) is 11.3 Å². The van der Waals surface area contributed by atoms with Crippen molar-refractivity contribution in [1.29, 1.82) is 0 Å². The number of phenols is 1. The molecule has 8 heteroatoms. The zero-order valence-electron chi connectivity index (χ0n) is 14.7. The predicted molar refractivity (Wildman–Crippen MR) is 114 cm³/mol. The predicted octanol–water partition coefficient (Wildman–Crippen LogP) is 3.73. The van der Waals surface area contributed by atoms with Crippen molar-refractivity contribution in [3.8, 4) is 17.0 Å². The summed E-state index contributed by atoms with van der Waals surface area (Å²) in [4.78, 5) is 17.1. The van der Waals surface area contributed by atoms with Crippen LogP contribution < -0.4 is 10.5 Å². The first-order chi connectivity index (χ1) is 13.5. The fourth-order valence-electron chi connectivity index (χ4n) is 2.65. The number of hydrogen-bond acceptors (Lipinski definition) is 5. The van der Waals surface area contributed by atoms with Gasteiger partial charge in [0, 0.05) is 21.0 Å². The number of hydrogen-bond donors (Lipinski definition) is 2. The highest BCUT2D eigenvalue weighted by Crippen LogP contribution is 2.27. The van der Waals surface area contributed by atoms with Gasteiger partial charge in [0.25, 0.3) is 5.91 Å². The normalized spacial score (nSPS) is 14.7. The SMILES string of the molecule is NC(=O)c1cc(-c2csc(=NC3CC3)n2N=Cc2ccccc2Br)ccc1O. The van der Waals surface area contributed by atoms with E-state index in [0.29, 0.717) is 6.04 Å². The van der Waals surface area contributed by atoms with Gasteiger partial charge in [-0.2, -0.15) is 5.10 Å². The Morgan fingerprint density at radius 2 is 2.07 bits per heavy atom. The van der Waals surface area contributed by atoms with Crippen molar-refractivity contribution in [2.24, 2.45) is 15.8 Å². The highest BCUT2D eigenvalue weighted by molar-refractivity contribution is 9.10. The molecule has 1 aliphatic carbocycles. The Morgan fingerprint density at radius 3 is 2.79 bits per heavy atom. The second-order valence-electron chi connectivity index (χ2n) is 6.44. The van der Waals surface area contributed by atoms with Gasteiger partial charge in [0.1, 0.15) is 5.75 Å². The van der Waals surface area contributed by atoms with Crippen LogP contribution in [0.1, 0.15) is 28.8 Å². The summed E-state index contributed by atoms with van der Waals surface area (Å²) < 4.78 is 2.71. The van der Waals surface area contributed by atoms with Crippen LogP contribution in [-0.4, -0.2) is 27.9 Å². The number of aromatic hydroxyl groups is 1. The molecule has 3 aromatic rings. The molecule has 2 aromatic carbocycles. The van der Waals surface area contributed by atoms with Gasteiger partial charge < -0.3 is 10.8 Å². The van der Waals surface area contributed by atoms with Gasteiger partial charge in [-0.1, -0.05) is 34.1 Å². The van der Waals surface area contributed by atoms with Gasteiger partial charge in [0.15, 0.2) is 0 Å². The molecular weight excluding hydrogens is 440 g/mol. The number of primary amides is 1. The molecule has 1 fully saturated rings. The minimum atomic E-state index is -0.680. The molecular formula is C20H17BrN4O2S.